The maximum absolute atomic E-state index is 11.8. The third-order valence-corrected chi connectivity index (χ3v) is 3.40. The van der Waals surface area contributed by atoms with Gasteiger partial charge in [0.05, 0.1) is 5.75 Å². The molecule has 17 heavy (non-hydrogen) atoms. The van der Waals surface area contributed by atoms with Crippen LogP contribution in [-0.2, 0) is 4.79 Å². The van der Waals surface area contributed by atoms with Gasteiger partial charge in [-0.2, -0.15) is 4.99 Å². The number of likely N-dealkylation sites (N-methyl/N-ethyl adjacent to an activating group) is 2. The molecule has 1 N–H and O–H groups in total. The third-order valence-electron chi connectivity index (χ3n) is 2.66. The van der Waals surface area contributed by atoms with Gasteiger partial charge in [-0.3, -0.25) is 9.59 Å². The second kappa shape index (κ2) is 6.05. The Labute approximate surface area is 106 Å². The first-order valence-electron chi connectivity index (χ1n) is 5.64. The summed E-state index contributed by atoms with van der Waals surface area (Å²) in [5, 5.41) is 2.48. The Morgan fingerprint density at radius 1 is 1.59 bits per heavy atom. The third kappa shape index (κ3) is 3.73. The molecular weight excluding hydrogens is 238 g/mol. The van der Waals surface area contributed by atoms with Crippen molar-refractivity contribution in [1.29, 1.82) is 0 Å². The highest BCUT2D eigenvalue weighted by molar-refractivity contribution is 8.14. The quantitative estimate of drug-likeness (QED) is 0.825. The molecule has 0 aromatic rings. The zero-order valence-corrected chi connectivity index (χ0v) is 11.5. The molecule has 0 fully saturated rings. The van der Waals surface area contributed by atoms with Crippen LogP contribution in [0, 0.1) is 5.92 Å². The van der Waals surface area contributed by atoms with Gasteiger partial charge >= 0.3 is 5.24 Å². The van der Waals surface area contributed by atoms with Crippen LogP contribution in [0.3, 0.4) is 0 Å². The van der Waals surface area contributed by atoms with Crippen LogP contribution in [-0.4, -0.2) is 47.8 Å². The first kappa shape index (κ1) is 14.0. The highest BCUT2D eigenvalue weighted by Gasteiger charge is 2.28. The van der Waals surface area contributed by atoms with E-state index in [1.807, 2.05) is 11.9 Å². The summed E-state index contributed by atoms with van der Waals surface area (Å²) in [4.78, 5) is 28.7. The predicted molar refractivity (Wildman–Crippen MR) is 70.4 cm³/mol. The van der Waals surface area contributed by atoms with Crippen LogP contribution in [0.5, 0.6) is 0 Å². The van der Waals surface area contributed by atoms with Crippen molar-refractivity contribution in [3.63, 3.8) is 0 Å². The normalized spacial score (nSPS) is 17.0. The average molecular weight is 257 g/mol. The van der Waals surface area contributed by atoms with Crippen molar-refractivity contribution < 1.29 is 9.59 Å². The maximum Gasteiger partial charge on any atom is 0.306 e. The van der Waals surface area contributed by atoms with Crippen LogP contribution < -0.4 is 5.32 Å². The number of carbonyl (C=O) groups is 2. The number of aliphatic imine (C=N–C) groups is 1. The summed E-state index contributed by atoms with van der Waals surface area (Å²) in [5.41, 5.74) is 0. The lowest BCUT2D eigenvalue weighted by Gasteiger charge is -2.29. The van der Waals surface area contributed by atoms with Crippen molar-refractivity contribution in [2.45, 2.75) is 26.3 Å². The molecule has 0 aromatic heterocycles. The first-order chi connectivity index (χ1) is 7.95. The Kier molecular flexibility index (Phi) is 4.99. The average Bonchev–Trinajstić information content (AvgIpc) is 2.70. The lowest BCUT2D eigenvalue weighted by Crippen LogP contribution is -2.47. The van der Waals surface area contributed by atoms with E-state index in [0.29, 0.717) is 17.5 Å². The van der Waals surface area contributed by atoms with Gasteiger partial charge in [-0.25, -0.2) is 0 Å². The second-order valence-electron chi connectivity index (χ2n) is 4.45. The van der Waals surface area contributed by atoms with E-state index >= 15 is 0 Å². The molecule has 0 aliphatic carbocycles. The van der Waals surface area contributed by atoms with Crippen molar-refractivity contribution in [2.24, 2.45) is 10.9 Å². The van der Waals surface area contributed by atoms with Gasteiger partial charge in [-0.15, -0.1) is 0 Å². The summed E-state index contributed by atoms with van der Waals surface area (Å²) in [7, 11) is 3.44. The summed E-state index contributed by atoms with van der Waals surface area (Å²) >= 11 is 1.17. The summed E-state index contributed by atoms with van der Waals surface area (Å²) in [6.45, 7) is 4.14. The summed E-state index contributed by atoms with van der Waals surface area (Å²) < 4.78 is 0. The Morgan fingerprint density at radius 2 is 2.24 bits per heavy atom. The number of nitrogens with one attached hydrogen (secondary N) is 1. The number of thioether (sulfide) groups is 1. The van der Waals surface area contributed by atoms with E-state index in [9.17, 15) is 9.59 Å². The van der Waals surface area contributed by atoms with Crippen LogP contribution in [0.15, 0.2) is 4.99 Å². The summed E-state index contributed by atoms with van der Waals surface area (Å²) in [6.07, 6.45) is 0.744. The fourth-order valence-electron chi connectivity index (χ4n) is 1.71. The van der Waals surface area contributed by atoms with Gasteiger partial charge in [0.15, 0.2) is 0 Å². The van der Waals surface area contributed by atoms with E-state index in [4.69, 9.17) is 0 Å². The number of hydrogen-bond acceptors (Lipinski definition) is 4. The van der Waals surface area contributed by atoms with Gasteiger partial charge in [0, 0.05) is 14.1 Å². The van der Waals surface area contributed by atoms with Crippen molar-refractivity contribution in [1.82, 2.24) is 10.2 Å². The largest absolute Gasteiger partial charge is 0.357 e. The number of carbonyl (C=O) groups excluding carboxylic acids is 2. The van der Waals surface area contributed by atoms with Gasteiger partial charge in [0.25, 0.3) is 0 Å². The maximum atomic E-state index is 11.8. The molecule has 0 bridgehead atoms. The van der Waals surface area contributed by atoms with Gasteiger partial charge in [-0.05, 0) is 12.3 Å². The van der Waals surface area contributed by atoms with Crippen molar-refractivity contribution in [3.05, 3.63) is 0 Å². The molecule has 1 aliphatic heterocycles. The van der Waals surface area contributed by atoms with Crippen molar-refractivity contribution in [3.8, 4) is 0 Å². The number of hydrogen-bond donors (Lipinski definition) is 1. The molecule has 1 rings (SSSR count). The SMILES string of the molecule is CNC(=O)[C@H](CC(C)C)N(C)C1=NC(=O)SC1. The molecule has 1 atom stereocenters. The van der Waals surface area contributed by atoms with Gasteiger partial charge in [0.1, 0.15) is 11.9 Å². The van der Waals surface area contributed by atoms with E-state index in [0.717, 1.165) is 6.42 Å². The van der Waals surface area contributed by atoms with Crippen LogP contribution in [0.2, 0.25) is 0 Å². The minimum Gasteiger partial charge on any atom is -0.357 e. The molecular formula is C11H19N3O2S. The molecule has 6 heteroatoms. The van der Waals surface area contributed by atoms with Gasteiger partial charge in [-0.1, -0.05) is 25.6 Å². The molecule has 0 radical (unpaired) electrons. The Balaban J connectivity index is 2.78. The number of amides is 2. The highest BCUT2D eigenvalue weighted by Crippen LogP contribution is 2.19. The molecule has 1 heterocycles. The lowest BCUT2D eigenvalue weighted by molar-refractivity contribution is -0.124. The summed E-state index contributed by atoms with van der Waals surface area (Å²) in [6, 6.07) is -0.259. The van der Waals surface area contributed by atoms with Crippen LogP contribution >= 0.6 is 11.8 Å². The monoisotopic (exact) mass is 257 g/mol. The van der Waals surface area contributed by atoms with Crippen LogP contribution in [0.25, 0.3) is 0 Å². The van der Waals surface area contributed by atoms with Crippen molar-refractivity contribution in [2.75, 3.05) is 19.8 Å². The zero-order valence-electron chi connectivity index (χ0n) is 10.7. The Bertz CT molecular complexity index is 342. The van der Waals surface area contributed by atoms with E-state index in [-0.39, 0.29) is 17.2 Å². The molecule has 0 aromatic carbocycles. The molecule has 0 unspecified atom stereocenters. The second-order valence-corrected chi connectivity index (χ2v) is 5.38. The van der Waals surface area contributed by atoms with E-state index in [2.05, 4.69) is 24.2 Å². The standard InChI is InChI=1S/C11H19N3O2S/c1-7(2)5-8(10(15)12-3)14(4)9-6-17-11(16)13-9/h7-8H,5-6H2,1-4H3,(H,12,15)/t8-/m0/s1. The van der Waals surface area contributed by atoms with E-state index in [1.165, 1.54) is 11.8 Å². The molecule has 96 valence electrons. The minimum absolute atomic E-state index is 0.0340. The molecule has 5 nitrogen and oxygen atoms in total. The Hall–Kier alpha value is -1.04. The first-order valence-corrected chi connectivity index (χ1v) is 6.63. The highest BCUT2D eigenvalue weighted by atomic mass is 32.2. The fraction of sp³-hybridized carbons (Fsp3) is 0.727. The van der Waals surface area contributed by atoms with E-state index < -0.39 is 0 Å². The number of rotatable bonds is 4. The summed E-state index contributed by atoms with van der Waals surface area (Å²) in [5.74, 6) is 1.62. The molecule has 0 saturated carbocycles. The van der Waals surface area contributed by atoms with Crippen LogP contribution in [0.4, 0.5) is 4.79 Å². The smallest absolute Gasteiger partial charge is 0.306 e. The predicted octanol–water partition coefficient (Wildman–Crippen LogP) is 1.34. The van der Waals surface area contributed by atoms with Crippen LogP contribution in [0.1, 0.15) is 20.3 Å². The van der Waals surface area contributed by atoms with Gasteiger partial charge in [0.2, 0.25) is 5.91 Å². The van der Waals surface area contributed by atoms with Crippen molar-refractivity contribution >= 4 is 28.7 Å². The number of amidine groups is 1. The van der Waals surface area contributed by atoms with E-state index in [1.54, 1.807) is 7.05 Å². The topological polar surface area (TPSA) is 61.8 Å². The lowest BCUT2D eigenvalue weighted by atomic mass is 10.0. The molecule has 0 spiro atoms. The number of nitrogens with zero attached hydrogens (tertiary/aromatic N) is 2. The molecule has 2 amide bonds. The van der Waals surface area contributed by atoms with Gasteiger partial charge < -0.3 is 10.2 Å². The minimum atomic E-state index is -0.259. The zero-order chi connectivity index (χ0) is 13.0. The molecule has 0 saturated heterocycles. The molecule has 1 aliphatic rings. The Morgan fingerprint density at radius 3 is 2.65 bits per heavy atom. The fourth-order valence-corrected chi connectivity index (χ4v) is 2.40.